The summed E-state index contributed by atoms with van der Waals surface area (Å²) in [5.74, 6) is 1.40. The lowest BCUT2D eigenvalue weighted by Crippen LogP contribution is -2.08. The number of benzene rings is 1. The lowest BCUT2D eigenvalue weighted by atomic mass is 10.2. The molecular weight excluding hydrogens is 252 g/mol. The second kappa shape index (κ2) is 4.88. The second-order valence-corrected chi connectivity index (χ2v) is 4.60. The van der Waals surface area contributed by atoms with Crippen molar-refractivity contribution in [3.8, 4) is 0 Å². The maximum absolute atomic E-state index is 4.63. The van der Waals surface area contributed by atoms with Crippen LogP contribution in [0.4, 0.5) is 11.4 Å². The van der Waals surface area contributed by atoms with E-state index in [1.165, 1.54) is 4.79 Å². The molecule has 0 amide bonds. The lowest BCUT2D eigenvalue weighted by molar-refractivity contribution is 0.736. The van der Waals surface area contributed by atoms with Crippen molar-refractivity contribution in [2.75, 3.05) is 11.9 Å². The monoisotopic (exact) mass is 268 g/mol. The van der Waals surface area contributed by atoms with E-state index in [2.05, 4.69) is 32.4 Å². The fourth-order valence-corrected chi connectivity index (χ4v) is 2.09. The minimum Gasteiger partial charge on any atom is -0.385 e. The van der Waals surface area contributed by atoms with Crippen LogP contribution < -0.4 is 5.32 Å². The molecule has 0 aliphatic carbocycles. The highest BCUT2D eigenvalue weighted by Gasteiger charge is 2.23. The molecule has 1 aromatic heterocycles. The Hall–Kier alpha value is -2.50. The SMILES string of the molecule is CCNc1ccc(N=C2C(C)=Nn3nc(C)nc32)cc1. The fraction of sp³-hybridized carbons (Fsp3) is 0.286. The molecule has 0 atom stereocenters. The number of aliphatic imine (C=N–C) groups is 1. The number of nitrogens with zero attached hydrogens (tertiary/aromatic N) is 5. The maximum atomic E-state index is 4.63. The molecule has 6 nitrogen and oxygen atoms in total. The molecular formula is C14H16N6. The van der Waals surface area contributed by atoms with Gasteiger partial charge in [0, 0.05) is 12.2 Å². The molecule has 2 heterocycles. The van der Waals surface area contributed by atoms with Crippen LogP contribution >= 0.6 is 0 Å². The van der Waals surface area contributed by atoms with E-state index in [9.17, 15) is 0 Å². The van der Waals surface area contributed by atoms with Crippen LogP contribution in [-0.2, 0) is 0 Å². The molecule has 0 saturated carbocycles. The largest absolute Gasteiger partial charge is 0.385 e. The van der Waals surface area contributed by atoms with E-state index in [1.54, 1.807) is 0 Å². The molecule has 2 aromatic rings. The third-order valence-corrected chi connectivity index (χ3v) is 2.98. The topological polar surface area (TPSA) is 67.5 Å². The van der Waals surface area contributed by atoms with Crippen molar-refractivity contribution in [2.24, 2.45) is 10.1 Å². The van der Waals surface area contributed by atoms with Crippen molar-refractivity contribution in [3.05, 3.63) is 35.9 Å². The number of anilines is 1. The molecule has 0 radical (unpaired) electrons. The second-order valence-electron chi connectivity index (χ2n) is 4.60. The van der Waals surface area contributed by atoms with E-state index in [0.717, 1.165) is 29.3 Å². The normalized spacial score (nSPS) is 15.3. The van der Waals surface area contributed by atoms with Gasteiger partial charge < -0.3 is 5.32 Å². The molecule has 20 heavy (non-hydrogen) atoms. The lowest BCUT2D eigenvalue weighted by Gasteiger charge is -2.03. The van der Waals surface area contributed by atoms with Gasteiger partial charge in [-0.15, -0.1) is 9.89 Å². The Labute approximate surface area is 117 Å². The third-order valence-electron chi connectivity index (χ3n) is 2.98. The molecule has 3 rings (SSSR count). The Kier molecular flexibility index (Phi) is 3.06. The smallest absolute Gasteiger partial charge is 0.204 e. The molecule has 0 fully saturated rings. The van der Waals surface area contributed by atoms with Gasteiger partial charge in [-0.25, -0.2) is 9.98 Å². The van der Waals surface area contributed by atoms with Crippen LogP contribution in [0.5, 0.6) is 0 Å². The summed E-state index contributed by atoms with van der Waals surface area (Å²) in [5, 5.41) is 11.8. The zero-order valence-electron chi connectivity index (χ0n) is 11.8. The van der Waals surface area contributed by atoms with Crippen molar-refractivity contribution >= 4 is 22.8 Å². The Morgan fingerprint density at radius 1 is 1.20 bits per heavy atom. The summed E-state index contributed by atoms with van der Waals surface area (Å²) in [6.07, 6.45) is 0. The molecule has 1 N–H and O–H groups in total. The van der Waals surface area contributed by atoms with Gasteiger partial charge in [0.1, 0.15) is 5.71 Å². The number of nitrogens with one attached hydrogen (secondary N) is 1. The van der Waals surface area contributed by atoms with E-state index in [0.29, 0.717) is 11.6 Å². The number of rotatable bonds is 3. The number of aryl methyl sites for hydroxylation is 1. The molecule has 0 unspecified atom stereocenters. The van der Waals surface area contributed by atoms with E-state index < -0.39 is 0 Å². The molecule has 1 aromatic carbocycles. The van der Waals surface area contributed by atoms with E-state index in [4.69, 9.17) is 0 Å². The van der Waals surface area contributed by atoms with Crippen molar-refractivity contribution < 1.29 is 0 Å². The van der Waals surface area contributed by atoms with Gasteiger partial charge in [0.25, 0.3) is 0 Å². The number of aromatic nitrogens is 3. The molecule has 0 spiro atoms. The highest BCUT2D eigenvalue weighted by Crippen LogP contribution is 2.19. The number of hydrogen-bond acceptors (Lipinski definition) is 5. The first kappa shape index (κ1) is 12.5. The van der Waals surface area contributed by atoms with Crippen molar-refractivity contribution in [1.29, 1.82) is 0 Å². The van der Waals surface area contributed by atoms with Crippen LogP contribution in [0.3, 0.4) is 0 Å². The molecule has 102 valence electrons. The minimum absolute atomic E-state index is 0.700. The van der Waals surface area contributed by atoms with Crippen molar-refractivity contribution in [1.82, 2.24) is 14.9 Å². The average molecular weight is 268 g/mol. The fourth-order valence-electron chi connectivity index (χ4n) is 2.09. The molecule has 1 aliphatic heterocycles. The van der Waals surface area contributed by atoms with Gasteiger partial charge in [-0.2, -0.15) is 5.10 Å². The third kappa shape index (κ3) is 2.20. The Morgan fingerprint density at radius 2 is 1.95 bits per heavy atom. The first-order chi connectivity index (χ1) is 9.67. The first-order valence-electron chi connectivity index (χ1n) is 6.60. The molecule has 0 bridgehead atoms. The van der Waals surface area contributed by atoms with Crippen LogP contribution in [-0.4, -0.2) is 32.8 Å². The van der Waals surface area contributed by atoms with Crippen LogP contribution in [0.15, 0.2) is 34.4 Å². The van der Waals surface area contributed by atoms with Gasteiger partial charge >= 0.3 is 0 Å². The van der Waals surface area contributed by atoms with Gasteiger partial charge in [-0.3, -0.25) is 0 Å². The van der Waals surface area contributed by atoms with E-state index in [-0.39, 0.29) is 0 Å². The number of fused-ring (bicyclic) bond motifs is 1. The summed E-state index contributed by atoms with van der Waals surface area (Å²) in [4.78, 5) is 10.5. The molecule has 6 heteroatoms. The van der Waals surface area contributed by atoms with Crippen molar-refractivity contribution in [2.45, 2.75) is 20.8 Å². The molecule has 1 aliphatic rings. The summed E-state index contributed by atoms with van der Waals surface area (Å²) in [5.41, 5.74) is 3.58. The number of hydrogen-bond donors (Lipinski definition) is 1. The van der Waals surface area contributed by atoms with Crippen LogP contribution in [0, 0.1) is 6.92 Å². The Bertz CT molecular complexity index is 693. The van der Waals surface area contributed by atoms with Crippen LogP contribution in [0.2, 0.25) is 0 Å². The zero-order chi connectivity index (χ0) is 14.1. The average Bonchev–Trinajstić information content (AvgIpc) is 2.90. The predicted molar refractivity (Wildman–Crippen MR) is 80.1 cm³/mol. The van der Waals surface area contributed by atoms with Gasteiger partial charge in [-0.1, -0.05) is 0 Å². The van der Waals surface area contributed by atoms with E-state index >= 15 is 0 Å². The van der Waals surface area contributed by atoms with Crippen LogP contribution in [0.25, 0.3) is 0 Å². The highest BCUT2D eigenvalue weighted by atomic mass is 15.6. The van der Waals surface area contributed by atoms with E-state index in [1.807, 2.05) is 38.1 Å². The summed E-state index contributed by atoms with van der Waals surface area (Å²) in [6.45, 7) is 6.74. The van der Waals surface area contributed by atoms with Gasteiger partial charge in [-0.05, 0) is 45.0 Å². The van der Waals surface area contributed by atoms with Crippen LogP contribution in [0.1, 0.15) is 25.5 Å². The zero-order valence-corrected chi connectivity index (χ0v) is 11.8. The minimum atomic E-state index is 0.700. The summed E-state index contributed by atoms with van der Waals surface area (Å²) >= 11 is 0. The molecule has 0 saturated heterocycles. The Balaban J connectivity index is 1.94. The summed E-state index contributed by atoms with van der Waals surface area (Å²) in [7, 11) is 0. The van der Waals surface area contributed by atoms with Gasteiger partial charge in [0.2, 0.25) is 5.82 Å². The van der Waals surface area contributed by atoms with Gasteiger partial charge in [0.15, 0.2) is 5.82 Å². The quantitative estimate of drug-likeness (QED) is 0.929. The maximum Gasteiger partial charge on any atom is 0.204 e. The van der Waals surface area contributed by atoms with Crippen molar-refractivity contribution in [3.63, 3.8) is 0 Å². The standard InChI is InChI=1S/C14H16N6/c1-4-15-11-5-7-12(8-6-11)17-13-9(2)18-20-14(13)16-10(3)19-20/h5-8,15H,4H2,1-3H3. The summed E-state index contributed by atoms with van der Waals surface area (Å²) < 4.78 is 0. The predicted octanol–water partition coefficient (Wildman–Crippen LogP) is 2.38. The Morgan fingerprint density at radius 3 is 2.65 bits per heavy atom. The highest BCUT2D eigenvalue weighted by molar-refractivity contribution is 6.48. The van der Waals surface area contributed by atoms with Gasteiger partial charge in [0.05, 0.1) is 11.4 Å². The summed E-state index contributed by atoms with van der Waals surface area (Å²) in [6, 6.07) is 7.98. The first-order valence-corrected chi connectivity index (χ1v) is 6.60.